The van der Waals surface area contributed by atoms with Crippen molar-refractivity contribution in [3.63, 3.8) is 0 Å². The lowest BCUT2D eigenvalue weighted by Gasteiger charge is -2.26. The second-order valence-corrected chi connectivity index (χ2v) is 5.76. The molecule has 1 saturated heterocycles. The van der Waals surface area contributed by atoms with E-state index in [1.165, 1.54) is 0 Å². The van der Waals surface area contributed by atoms with Crippen molar-refractivity contribution in [3.05, 3.63) is 59.7 Å². The molecule has 2 aromatic heterocycles. The van der Waals surface area contributed by atoms with Crippen LogP contribution in [0.2, 0.25) is 0 Å². The van der Waals surface area contributed by atoms with Gasteiger partial charge in [-0.1, -0.05) is 12.1 Å². The van der Waals surface area contributed by atoms with Crippen molar-refractivity contribution in [3.8, 4) is 0 Å². The van der Waals surface area contributed by atoms with Crippen LogP contribution in [0.5, 0.6) is 0 Å². The molecular weight excluding hydrogens is 304 g/mol. The molecule has 1 N–H and O–H groups in total. The van der Waals surface area contributed by atoms with E-state index in [1.807, 2.05) is 18.2 Å². The van der Waals surface area contributed by atoms with E-state index in [0.29, 0.717) is 12.2 Å². The molecule has 2 amide bonds. The number of hydrogen-bond donors (Lipinski definition) is 1. The molecule has 3 rings (SSSR count). The Labute approximate surface area is 140 Å². The topological polar surface area (TPSA) is 75.2 Å². The smallest absolute Gasteiger partial charge is 0.272 e. The van der Waals surface area contributed by atoms with E-state index in [2.05, 4.69) is 15.3 Å². The van der Waals surface area contributed by atoms with Crippen LogP contribution in [0.15, 0.2) is 42.6 Å². The number of hydrogen-bond acceptors (Lipinski definition) is 4. The lowest BCUT2D eigenvalue weighted by molar-refractivity contribution is 0.0718. The Morgan fingerprint density at radius 3 is 2.54 bits per heavy atom. The van der Waals surface area contributed by atoms with Crippen molar-refractivity contribution in [1.29, 1.82) is 0 Å². The summed E-state index contributed by atoms with van der Waals surface area (Å²) in [7, 11) is 0. The Kier molecular flexibility index (Phi) is 5.15. The highest BCUT2D eigenvalue weighted by molar-refractivity contribution is 5.96. The van der Waals surface area contributed by atoms with E-state index in [-0.39, 0.29) is 17.5 Å². The highest BCUT2D eigenvalue weighted by Gasteiger charge is 2.20. The van der Waals surface area contributed by atoms with Gasteiger partial charge >= 0.3 is 0 Å². The molecular formula is C18H20N4O2. The van der Waals surface area contributed by atoms with Gasteiger partial charge in [0.15, 0.2) is 0 Å². The molecule has 3 heterocycles. The van der Waals surface area contributed by atoms with Gasteiger partial charge in [0.25, 0.3) is 11.8 Å². The molecule has 0 spiro atoms. The van der Waals surface area contributed by atoms with Crippen LogP contribution in [0.4, 0.5) is 0 Å². The van der Waals surface area contributed by atoms with Crippen molar-refractivity contribution in [1.82, 2.24) is 20.2 Å². The van der Waals surface area contributed by atoms with Crippen molar-refractivity contribution in [2.45, 2.75) is 25.8 Å². The molecule has 0 radical (unpaired) electrons. The van der Waals surface area contributed by atoms with E-state index < -0.39 is 0 Å². The van der Waals surface area contributed by atoms with Crippen molar-refractivity contribution >= 4 is 11.8 Å². The maximum absolute atomic E-state index is 12.5. The Balaban J connectivity index is 1.65. The van der Waals surface area contributed by atoms with Gasteiger partial charge in [-0.05, 0) is 43.5 Å². The summed E-state index contributed by atoms with van der Waals surface area (Å²) in [4.78, 5) is 34.9. The molecule has 2 aromatic rings. The SMILES string of the molecule is O=C(NCc1ccccn1)c1cccc(C(=O)N2CCCCC2)n1. The fourth-order valence-corrected chi connectivity index (χ4v) is 2.70. The minimum Gasteiger partial charge on any atom is -0.345 e. The van der Waals surface area contributed by atoms with Gasteiger partial charge in [-0.3, -0.25) is 14.6 Å². The zero-order valence-corrected chi connectivity index (χ0v) is 13.4. The van der Waals surface area contributed by atoms with Crippen LogP contribution >= 0.6 is 0 Å². The average molecular weight is 324 g/mol. The van der Waals surface area contributed by atoms with Gasteiger partial charge in [0.1, 0.15) is 11.4 Å². The molecule has 0 unspecified atom stereocenters. The highest BCUT2D eigenvalue weighted by atomic mass is 16.2. The maximum Gasteiger partial charge on any atom is 0.272 e. The van der Waals surface area contributed by atoms with E-state index in [4.69, 9.17) is 0 Å². The maximum atomic E-state index is 12.5. The molecule has 0 saturated carbocycles. The van der Waals surface area contributed by atoms with Crippen molar-refractivity contribution < 1.29 is 9.59 Å². The summed E-state index contributed by atoms with van der Waals surface area (Å²) in [5.74, 6) is -0.414. The second kappa shape index (κ2) is 7.68. The van der Waals surface area contributed by atoms with E-state index in [1.54, 1.807) is 29.3 Å². The molecule has 0 aromatic carbocycles. The van der Waals surface area contributed by atoms with E-state index in [9.17, 15) is 9.59 Å². The number of piperidine rings is 1. The summed E-state index contributed by atoms with van der Waals surface area (Å²) in [6.07, 6.45) is 4.89. The third kappa shape index (κ3) is 3.95. The van der Waals surface area contributed by atoms with Crippen LogP contribution in [0, 0.1) is 0 Å². The number of likely N-dealkylation sites (tertiary alicyclic amines) is 1. The average Bonchev–Trinajstić information content (AvgIpc) is 2.67. The number of nitrogens with zero attached hydrogens (tertiary/aromatic N) is 3. The molecule has 1 aliphatic heterocycles. The number of carbonyl (C=O) groups excluding carboxylic acids is 2. The minimum atomic E-state index is -0.311. The van der Waals surface area contributed by atoms with Gasteiger partial charge in [-0.15, -0.1) is 0 Å². The van der Waals surface area contributed by atoms with Gasteiger partial charge < -0.3 is 10.2 Å². The van der Waals surface area contributed by atoms with Crippen molar-refractivity contribution in [2.24, 2.45) is 0 Å². The first-order chi connectivity index (χ1) is 11.7. The predicted molar refractivity (Wildman–Crippen MR) is 89.4 cm³/mol. The lowest BCUT2D eigenvalue weighted by atomic mass is 10.1. The normalized spacial score (nSPS) is 14.2. The Bertz CT molecular complexity index is 712. The molecule has 1 fully saturated rings. The molecule has 24 heavy (non-hydrogen) atoms. The third-order valence-electron chi connectivity index (χ3n) is 4.00. The highest BCUT2D eigenvalue weighted by Crippen LogP contribution is 2.12. The lowest BCUT2D eigenvalue weighted by Crippen LogP contribution is -2.36. The van der Waals surface area contributed by atoms with Gasteiger partial charge in [0, 0.05) is 19.3 Å². The molecule has 6 heteroatoms. The molecule has 1 aliphatic rings. The largest absolute Gasteiger partial charge is 0.345 e. The van der Waals surface area contributed by atoms with Crippen LogP contribution in [-0.4, -0.2) is 39.8 Å². The summed E-state index contributed by atoms with van der Waals surface area (Å²) in [6, 6.07) is 10.5. The van der Waals surface area contributed by atoms with Crippen LogP contribution in [-0.2, 0) is 6.54 Å². The molecule has 124 valence electrons. The Morgan fingerprint density at radius 1 is 1.00 bits per heavy atom. The summed E-state index contributed by atoms with van der Waals surface area (Å²) in [5.41, 5.74) is 1.34. The summed E-state index contributed by atoms with van der Waals surface area (Å²) in [6.45, 7) is 1.85. The fraction of sp³-hybridized carbons (Fsp3) is 0.333. The number of aromatic nitrogens is 2. The standard InChI is InChI=1S/C18H20N4O2/c23-17(20-13-14-7-2-3-10-19-14)15-8-6-9-16(21-15)18(24)22-11-4-1-5-12-22/h2-3,6-10H,1,4-5,11-13H2,(H,20,23). The van der Waals surface area contributed by atoms with Gasteiger partial charge in [-0.25, -0.2) is 4.98 Å². The third-order valence-corrected chi connectivity index (χ3v) is 4.00. The molecule has 0 aliphatic carbocycles. The summed E-state index contributed by atoms with van der Waals surface area (Å²) in [5, 5.41) is 2.77. The molecule has 0 atom stereocenters. The number of pyridine rings is 2. The van der Waals surface area contributed by atoms with E-state index >= 15 is 0 Å². The van der Waals surface area contributed by atoms with Gasteiger partial charge in [0.05, 0.1) is 12.2 Å². The first-order valence-electron chi connectivity index (χ1n) is 8.18. The first-order valence-corrected chi connectivity index (χ1v) is 8.18. The van der Waals surface area contributed by atoms with Crippen LogP contribution in [0.1, 0.15) is 45.9 Å². The summed E-state index contributed by atoms with van der Waals surface area (Å²) >= 11 is 0. The number of nitrogens with one attached hydrogen (secondary N) is 1. The van der Waals surface area contributed by atoms with Crippen molar-refractivity contribution in [2.75, 3.05) is 13.1 Å². The minimum absolute atomic E-state index is 0.103. The first kappa shape index (κ1) is 16.1. The van der Waals surface area contributed by atoms with E-state index in [0.717, 1.165) is 38.0 Å². The monoisotopic (exact) mass is 324 g/mol. The van der Waals surface area contributed by atoms with Gasteiger partial charge in [-0.2, -0.15) is 0 Å². The predicted octanol–water partition coefficient (Wildman–Crippen LogP) is 2.03. The summed E-state index contributed by atoms with van der Waals surface area (Å²) < 4.78 is 0. The number of rotatable bonds is 4. The second-order valence-electron chi connectivity index (χ2n) is 5.76. The van der Waals surface area contributed by atoms with Crippen LogP contribution in [0.3, 0.4) is 0 Å². The van der Waals surface area contributed by atoms with Crippen LogP contribution < -0.4 is 5.32 Å². The fourth-order valence-electron chi connectivity index (χ4n) is 2.70. The zero-order valence-electron chi connectivity index (χ0n) is 13.4. The zero-order chi connectivity index (χ0) is 16.8. The van der Waals surface area contributed by atoms with Gasteiger partial charge in [0.2, 0.25) is 0 Å². The Morgan fingerprint density at radius 2 is 1.79 bits per heavy atom. The quantitative estimate of drug-likeness (QED) is 0.934. The molecule has 6 nitrogen and oxygen atoms in total. The Hall–Kier alpha value is -2.76. The van der Waals surface area contributed by atoms with Crippen LogP contribution in [0.25, 0.3) is 0 Å². The molecule has 0 bridgehead atoms. The number of amides is 2. The number of carbonyl (C=O) groups is 2.